The first-order chi connectivity index (χ1) is 16.1. The zero-order chi connectivity index (χ0) is 22.5. The van der Waals surface area contributed by atoms with Crippen LogP contribution in [-0.2, 0) is 6.42 Å². The minimum atomic E-state index is -0.325. The Kier molecular flexibility index (Phi) is 5.09. The van der Waals surface area contributed by atoms with Crippen molar-refractivity contribution in [3.05, 3.63) is 42.0 Å². The molecule has 5 nitrogen and oxygen atoms in total. The third-order valence-electron chi connectivity index (χ3n) is 8.42. The number of aromatic nitrogens is 3. The van der Waals surface area contributed by atoms with E-state index in [4.69, 9.17) is 0 Å². The molecule has 0 spiro atoms. The zero-order valence-corrected chi connectivity index (χ0v) is 19.1. The van der Waals surface area contributed by atoms with E-state index in [1.165, 1.54) is 19.3 Å². The monoisotopic (exact) mass is 443 g/mol. The van der Waals surface area contributed by atoms with E-state index in [0.717, 1.165) is 54.9 Å². The van der Waals surface area contributed by atoms with Crippen LogP contribution in [-0.4, -0.2) is 28.0 Å². The van der Waals surface area contributed by atoms with E-state index < -0.39 is 0 Å². The number of hydrogen-bond donors (Lipinski definition) is 1. The fourth-order valence-corrected chi connectivity index (χ4v) is 6.96. The molecule has 0 aromatic carbocycles. The Morgan fingerprint density at radius 1 is 1.21 bits per heavy atom. The van der Waals surface area contributed by atoms with Gasteiger partial charge in [-0.15, -0.1) is 0 Å². The number of pyridine rings is 2. The summed E-state index contributed by atoms with van der Waals surface area (Å²) in [5, 5.41) is 9.51. The molecule has 6 heteroatoms. The van der Waals surface area contributed by atoms with Crippen molar-refractivity contribution in [3.8, 4) is 17.3 Å². The van der Waals surface area contributed by atoms with Crippen LogP contribution in [0.4, 0.5) is 10.2 Å². The van der Waals surface area contributed by atoms with Crippen LogP contribution in [0.1, 0.15) is 44.7 Å². The highest BCUT2D eigenvalue weighted by Gasteiger charge is 2.48. The summed E-state index contributed by atoms with van der Waals surface area (Å²) in [6.07, 6.45) is 8.46. The first kappa shape index (κ1) is 20.7. The molecule has 0 amide bonds. The van der Waals surface area contributed by atoms with Crippen molar-refractivity contribution in [3.63, 3.8) is 0 Å². The van der Waals surface area contributed by atoms with Gasteiger partial charge in [-0.1, -0.05) is 6.92 Å². The van der Waals surface area contributed by atoms with Crippen molar-refractivity contribution < 1.29 is 4.39 Å². The molecular weight excluding hydrogens is 413 g/mol. The summed E-state index contributed by atoms with van der Waals surface area (Å²) in [6, 6.07) is 10.1. The van der Waals surface area contributed by atoms with Gasteiger partial charge in [-0.05, 0) is 80.4 Å². The lowest BCUT2D eigenvalue weighted by Crippen LogP contribution is -2.18. The standard InChI is InChI=1S/C27H30FN5/c1-16-10-19(21-6-4-17(14-29)26(16)21)11-20-12-23-24(31-20)13-22(28)27(32-23)18-5-7-25(30-15-18)33-8-2-3-9-33/h5,7,12-13,15-17,19,21,26,31H,2-4,6,8-11H2,1H3. The van der Waals surface area contributed by atoms with Crippen LogP contribution in [0.25, 0.3) is 22.3 Å². The summed E-state index contributed by atoms with van der Waals surface area (Å²) in [5.74, 6) is 3.23. The highest BCUT2D eigenvalue weighted by atomic mass is 19.1. The van der Waals surface area contributed by atoms with Crippen LogP contribution >= 0.6 is 0 Å². The Morgan fingerprint density at radius 3 is 2.82 bits per heavy atom. The first-order valence-electron chi connectivity index (χ1n) is 12.4. The van der Waals surface area contributed by atoms with Gasteiger partial charge < -0.3 is 9.88 Å². The third-order valence-corrected chi connectivity index (χ3v) is 8.42. The number of hydrogen-bond acceptors (Lipinski definition) is 4. The second kappa shape index (κ2) is 8.13. The van der Waals surface area contributed by atoms with Gasteiger partial charge in [0.1, 0.15) is 11.5 Å². The van der Waals surface area contributed by atoms with Gasteiger partial charge in [-0.25, -0.2) is 14.4 Å². The summed E-state index contributed by atoms with van der Waals surface area (Å²) >= 11 is 0. The van der Waals surface area contributed by atoms with Crippen LogP contribution < -0.4 is 4.90 Å². The van der Waals surface area contributed by atoms with Gasteiger partial charge in [0.2, 0.25) is 0 Å². The predicted octanol–water partition coefficient (Wildman–Crippen LogP) is 5.73. The highest BCUT2D eigenvalue weighted by molar-refractivity contribution is 5.80. The number of halogens is 1. The summed E-state index contributed by atoms with van der Waals surface area (Å²) in [7, 11) is 0. The van der Waals surface area contributed by atoms with Crippen LogP contribution in [0.5, 0.6) is 0 Å². The Hall–Kier alpha value is -2.94. The van der Waals surface area contributed by atoms with Gasteiger partial charge in [0.15, 0.2) is 5.82 Å². The number of nitriles is 1. The molecule has 33 heavy (non-hydrogen) atoms. The van der Waals surface area contributed by atoms with Gasteiger partial charge in [-0.2, -0.15) is 5.26 Å². The van der Waals surface area contributed by atoms with E-state index >= 15 is 0 Å². The van der Waals surface area contributed by atoms with Crippen LogP contribution in [0.3, 0.4) is 0 Å². The van der Waals surface area contributed by atoms with E-state index in [9.17, 15) is 9.65 Å². The quantitative estimate of drug-likeness (QED) is 0.559. The highest BCUT2D eigenvalue weighted by Crippen LogP contribution is 2.54. The normalized spacial score (nSPS) is 29.0. The Morgan fingerprint density at radius 2 is 2.06 bits per heavy atom. The molecule has 0 radical (unpaired) electrons. The first-order valence-corrected chi connectivity index (χ1v) is 12.4. The minimum absolute atomic E-state index is 0.224. The molecule has 170 valence electrons. The number of anilines is 1. The molecule has 3 aromatic rings. The third kappa shape index (κ3) is 3.58. The Bertz CT molecular complexity index is 1200. The lowest BCUT2D eigenvalue weighted by Gasteiger charge is -2.19. The van der Waals surface area contributed by atoms with Gasteiger partial charge >= 0.3 is 0 Å². The van der Waals surface area contributed by atoms with E-state index in [0.29, 0.717) is 34.9 Å². The lowest BCUT2D eigenvalue weighted by atomic mass is 9.85. The molecule has 5 unspecified atom stereocenters. The molecule has 5 atom stereocenters. The van der Waals surface area contributed by atoms with Gasteiger partial charge in [0.25, 0.3) is 0 Å². The van der Waals surface area contributed by atoms with Crippen molar-refractivity contribution >= 4 is 16.9 Å². The van der Waals surface area contributed by atoms with Crippen LogP contribution in [0, 0.1) is 46.7 Å². The van der Waals surface area contributed by atoms with Crippen molar-refractivity contribution in [2.24, 2.45) is 29.6 Å². The number of rotatable bonds is 4. The number of aromatic amines is 1. The summed E-state index contributed by atoms with van der Waals surface area (Å²) in [5.41, 5.74) is 3.73. The Labute approximate surface area is 194 Å². The number of fused-ring (bicyclic) bond motifs is 2. The molecule has 2 saturated carbocycles. The largest absolute Gasteiger partial charge is 0.357 e. The molecule has 4 heterocycles. The number of H-pyrrole nitrogens is 1. The van der Waals surface area contributed by atoms with Crippen molar-refractivity contribution in [2.45, 2.75) is 45.4 Å². The SMILES string of the molecule is CC1CC(Cc2cc3nc(-c4ccc(N5CCCC5)nc4)c(F)cc3[nH]2)C2CCC(C#N)C12. The molecule has 3 fully saturated rings. The summed E-state index contributed by atoms with van der Waals surface area (Å²) in [6.45, 7) is 4.38. The van der Waals surface area contributed by atoms with Gasteiger partial charge in [0.05, 0.1) is 17.1 Å². The Balaban J connectivity index is 1.24. The molecule has 1 N–H and O–H groups in total. The molecule has 3 aromatic heterocycles. The zero-order valence-electron chi connectivity index (χ0n) is 19.1. The maximum atomic E-state index is 15.0. The molecule has 6 rings (SSSR count). The molecule has 3 aliphatic rings. The summed E-state index contributed by atoms with van der Waals surface area (Å²) < 4.78 is 15.0. The number of nitrogens with zero attached hydrogens (tertiary/aromatic N) is 4. The fraction of sp³-hybridized carbons (Fsp3) is 0.519. The average molecular weight is 444 g/mol. The second-order valence-corrected chi connectivity index (χ2v) is 10.4. The van der Waals surface area contributed by atoms with Crippen molar-refractivity contribution in [2.75, 3.05) is 18.0 Å². The smallest absolute Gasteiger partial charge is 0.151 e. The maximum Gasteiger partial charge on any atom is 0.151 e. The van der Waals surface area contributed by atoms with E-state index in [2.05, 4.69) is 38.9 Å². The fourth-order valence-electron chi connectivity index (χ4n) is 6.96. The van der Waals surface area contributed by atoms with Crippen molar-refractivity contribution in [1.82, 2.24) is 15.0 Å². The van der Waals surface area contributed by atoms with E-state index in [-0.39, 0.29) is 11.7 Å². The predicted molar refractivity (Wildman–Crippen MR) is 127 cm³/mol. The van der Waals surface area contributed by atoms with Crippen LogP contribution in [0.2, 0.25) is 0 Å². The van der Waals surface area contributed by atoms with Gasteiger partial charge in [0, 0.05) is 42.5 Å². The molecular formula is C27H30FN5. The van der Waals surface area contributed by atoms with E-state index in [1.807, 2.05) is 12.1 Å². The maximum absolute atomic E-state index is 15.0. The molecule has 0 bridgehead atoms. The van der Waals surface area contributed by atoms with Crippen LogP contribution in [0.15, 0.2) is 30.5 Å². The minimum Gasteiger partial charge on any atom is -0.357 e. The van der Waals surface area contributed by atoms with Gasteiger partial charge in [-0.3, -0.25) is 0 Å². The topological polar surface area (TPSA) is 68.6 Å². The summed E-state index contributed by atoms with van der Waals surface area (Å²) in [4.78, 5) is 14.9. The number of nitrogens with one attached hydrogen (secondary N) is 1. The molecule has 1 saturated heterocycles. The van der Waals surface area contributed by atoms with E-state index in [1.54, 1.807) is 12.3 Å². The molecule has 2 aliphatic carbocycles. The van der Waals surface area contributed by atoms with Crippen molar-refractivity contribution in [1.29, 1.82) is 5.26 Å². The second-order valence-electron chi connectivity index (χ2n) is 10.4. The lowest BCUT2D eigenvalue weighted by molar-refractivity contribution is 0.308. The molecule has 1 aliphatic heterocycles. The average Bonchev–Trinajstić information content (AvgIpc) is 3.60.